The summed E-state index contributed by atoms with van der Waals surface area (Å²) in [6, 6.07) is 0.0322. The zero-order chi connectivity index (χ0) is 18.6. The average molecular weight is 371 g/mol. The van der Waals surface area contributed by atoms with Crippen LogP contribution < -0.4 is 5.56 Å². The van der Waals surface area contributed by atoms with Crippen LogP contribution >= 0.6 is 0 Å². The summed E-state index contributed by atoms with van der Waals surface area (Å²) in [4.78, 5) is 35.1. The Morgan fingerprint density at radius 3 is 2.48 bits per heavy atom. The van der Waals surface area contributed by atoms with Gasteiger partial charge in [0.05, 0.1) is 0 Å². The molecule has 0 radical (unpaired) electrons. The van der Waals surface area contributed by atoms with Crippen molar-refractivity contribution in [1.82, 2.24) is 14.9 Å². The van der Waals surface area contributed by atoms with Gasteiger partial charge in [0.15, 0.2) is 0 Å². The van der Waals surface area contributed by atoms with Crippen molar-refractivity contribution in [2.24, 2.45) is 17.8 Å². The molecule has 1 aromatic heterocycles. The van der Waals surface area contributed by atoms with Crippen molar-refractivity contribution in [3.05, 3.63) is 27.9 Å². The van der Waals surface area contributed by atoms with Gasteiger partial charge in [0.2, 0.25) is 0 Å². The second-order valence-corrected chi connectivity index (χ2v) is 9.48. The van der Waals surface area contributed by atoms with E-state index in [-0.39, 0.29) is 35.1 Å². The van der Waals surface area contributed by atoms with Gasteiger partial charge in [0.1, 0.15) is 11.4 Å². The minimum absolute atomic E-state index is 0.0303. The summed E-state index contributed by atoms with van der Waals surface area (Å²) in [5, 5.41) is 9.22. The molecule has 6 nitrogen and oxygen atoms in total. The Hall–Kier alpha value is -1.69. The van der Waals surface area contributed by atoms with Crippen LogP contribution in [0.4, 0.5) is 0 Å². The molecule has 4 bridgehead atoms. The SMILES string of the molecule is O=C(c1cnc(C23CC4CC(CC(C4)C2)C3)[nH]c1=O)N1CCCC1CCO. The third-order valence-electron chi connectivity index (χ3n) is 7.67. The molecule has 6 heteroatoms. The van der Waals surface area contributed by atoms with E-state index in [4.69, 9.17) is 0 Å². The molecule has 27 heavy (non-hydrogen) atoms. The van der Waals surface area contributed by atoms with Crippen LogP contribution in [0.3, 0.4) is 0 Å². The standard InChI is InChI=1S/C21H29N3O3/c25-5-3-16-2-1-4-24(16)19(27)17-12-22-20(23-18(17)26)21-9-13-6-14(10-21)8-15(7-13)11-21/h12-16,25H,1-11H2,(H,22,23,26). The Morgan fingerprint density at radius 2 is 1.89 bits per heavy atom. The third-order valence-corrected chi connectivity index (χ3v) is 7.67. The Kier molecular flexibility index (Phi) is 4.15. The molecule has 1 unspecified atom stereocenters. The Bertz CT molecular complexity index is 767. The molecular weight excluding hydrogens is 342 g/mol. The van der Waals surface area contributed by atoms with Crippen molar-refractivity contribution in [2.45, 2.75) is 69.2 Å². The number of likely N-dealkylation sites (tertiary alicyclic amines) is 1. The number of hydrogen-bond donors (Lipinski definition) is 2. The fourth-order valence-corrected chi connectivity index (χ4v) is 6.92. The van der Waals surface area contributed by atoms with Gasteiger partial charge in [-0.1, -0.05) is 0 Å². The maximum Gasteiger partial charge on any atom is 0.263 e. The summed E-state index contributed by atoms with van der Waals surface area (Å²) in [7, 11) is 0. The van der Waals surface area contributed by atoms with E-state index in [1.165, 1.54) is 25.5 Å². The first kappa shape index (κ1) is 17.4. The van der Waals surface area contributed by atoms with E-state index in [0.717, 1.165) is 55.7 Å². The maximum atomic E-state index is 12.9. The zero-order valence-electron chi connectivity index (χ0n) is 15.8. The first-order valence-corrected chi connectivity index (χ1v) is 10.6. The fourth-order valence-electron chi connectivity index (χ4n) is 6.92. The highest BCUT2D eigenvalue weighted by Gasteiger charge is 2.53. The Balaban J connectivity index is 1.41. The van der Waals surface area contributed by atoms with E-state index >= 15 is 0 Å². The topological polar surface area (TPSA) is 86.3 Å². The minimum Gasteiger partial charge on any atom is -0.396 e. The van der Waals surface area contributed by atoms with Gasteiger partial charge in [-0.25, -0.2) is 4.98 Å². The van der Waals surface area contributed by atoms with Crippen molar-refractivity contribution >= 4 is 5.91 Å². The summed E-state index contributed by atoms with van der Waals surface area (Å²) in [6.07, 6.45) is 11.4. The Morgan fingerprint density at radius 1 is 1.22 bits per heavy atom. The van der Waals surface area contributed by atoms with Crippen LogP contribution in [0.5, 0.6) is 0 Å². The first-order valence-electron chi connectivity index (χ1n) is 10.6. The molecule has 1 saturated heterocycles. The van der Waals surface area contributed by atoms with Crippen molar-refractivity contribution in [2.75, 3.05) is 13.2 Å². The van der Waals surface area contributed by atoms with E-state index in [9.17, 15) is 14.7 Å². The number of rotatable bonds is 4. The summed E-state index contributed by atoms with van der Waals surface area (Å²) >= 11 is 0. The van der Waals surface area contributed by atoms with E-state index < -0.39 is 0 Å². The number of nitrogens with zero attached hydrogens (tertiary/aromatic N) is 2. The van der Waals surface area contributed by atoms with Gasteiger partial charge >= 0.3 is 0 Å². The number of aromatic amines is 1. The van der Waals surface area contributed by atoms with Gasteiger partial charge in [-0.15, -0.1) is 0 Å². The number of amides is 1. The van der Waals surface area contributed by atoms with E-state index in [0.29, 0.717) is 13.0 Å². The predicted octanol–water partition coefficient (Wildman–Crippen LogP) is 2.22. The van der Waals surface area contributed by atoms with Crippen LogP contribution in [0.2, 0.25) is 0 Å². The average Bonchev–Trinajstić information content (AvgIpc) is 3.08. The molecule has 6 rings (SSSR count). The summed E-state index contributed by atoms with van der Waals surface area (Å²) in [5.41, 5.74) is -0.119. The van der Waals surface area contributed by atoms with Crippen LogP contribution in [0.15, 0.2) is 11.0 Å². The summed E-state index contributed by atoms with van der Waals surface area (Å²) < 4.78 is 0. The Labute approximate surface area is 159 Å². The van der Waals surface area contributed by atoms with Crippen molar-refractivity contribution in [3.8, 4) is 0 Å². The van der Waals surface area contributed by atoms with E-state index in [2.05, 4.69) is 9.97 Å². The monoisotopic (exact) mass is 371 g/mol. The van der Waals surface area contributed by atoms with Crippen molar-refractivity contribution in [3.63, 3.8) is 0 Å². The summed E-state index contributed by atoms with van der Waals surface area (Å²) in [5.74, 6) is 2.93. The van der Waals surface area contributed by atoms with Gasteiger partial charge in [0.25, 0.3) is 11.5 Å². The highest BCUT2D eigenvalue weighted by Crippen LogP contribution is 2.59. The second-order valence-electron chi connectivity index (χ2n) is 9.48. The lowest BCUT2D eigenvalue weighted by atomic mass is 9.49. The molecule has 1 aliphatic heterocycles. The largest absolute Gasteiger partial charge is 0.396 e. The van der Waals surface area contributed by atoms with Gasteiger partial charge in [-0.2, -0.15) is 0 Å². The number of aromatic nitrogens is 2. The lowest BCUT2D eigenvalue weighted by Crippen LogP contribution is -2.50. The number of hydrogen-bond acceptors (Lipinski definition) is 4. The van der Waals surface area contributed by atoms with Crippen molar-refractivity contribution < 1.29 is 9.90 Å². The highest BCUT2D eigenvalue weighted by atomic mass is 16.3. The van der Waals surface area contributed by atoms with Crippen LogP contribution in [-0.2, 0) is 5.41 Å². The lowest BCUT2D eigenvalue weighted by Gasteiger charge is -2.56. The van der Waals surface area contributed by atoms with Crippen LogP contribution in [0, 0.1) is 17.8 Å². The number of nitrogens with one attached hydrogen (secondary N) is 1. The molecule has 1 amide bonds. The highest BCUT2D eigenvalue weighted by molar-refractivity contribution is 5.94. The van der Waals surface area contributed by atoms with Crippen LogP contribution in [0.25, 0.3) is 0 Å². The van der Waals surface area contributed by atoms with Gasteiger partial charge in [-0.05, 0) is 75.5 Å². The smallest absolute Gasteiger partial charge is 0.263 e. The molecule has 0 spiro atoms. The van der Waals surface area contributed by atoms with E-state index in [1.807, 2.05) is 0 Å². The number of aliphatic hydroxyl groups excluding tert-OH is 1. The second kappa shape index (κ2) is 6.43. The normalized spacial score (nSPS) is 37.1. The predicted molar refractivity (Wildman–Crippen MR) is 100 cm³/mol. The number of aliphatic hydroxyl groups is 1. The molecule has 146 valence electrons. The molecule has 1 aromatic rings. The molecule has 4 aliphatic carbocycles. The molecule has 2 heterocycles. The zero-order valence-corrected chi connectivity index (χ0v) is 15.8. The fraction of sp³-hybridized carbons (Fsp3) is 0.762. The lowest BCUT2D eigenvalue weighted by molar-refractivity contribution is -0.00955. The molecule has 1 atom stereocenters. The molecule has 5 aliphatic rings. The quantitative estimate of drug-likeness (QED) is 0.850. The first-order chi connectivity index (χ1) is 13.1. The van der Waals surface area contributed by atoms with Gasteiger partial charge in [-0.3, -0.25) is 9.59 Å². The molecule has 2 N–H and O–H groups in total. The van der Waals surface area contributed by atoms with Gasteiger partial charge in [0, 0.05) is 30.8 Å². The number of carbonyl (C=O) groups is 1. The minimum atomic E-state index is -0.296. The molecule has 0 aromatic carbocycles. The van der Waals surface area contributed by atoms with Gasteiger partial charge < -0.3 is 15.0 Å². The van der Waals surface area contributed by atoms with Crippen LogP contribution in [0.1, 0.15) is 74.0 Å². The maximum absolute atomic E-state index is 12.9. The number of H-pyrrole nitrogens is 1. The summed E-state index contributed by atoms with van der Waals surface area (Å²) in [6.45, 7) is 0.716. The van der Waals surface area contributed by atoms with Crippen molar-refractivity contribution in [1.29, 1.82) is 0 Å². The third kappa shape index (κ3) is 2.84. The number of carbonyl (C=O) groups excluding carboxylic acids is 1. The van der Waals surface area contributed by atoms with Crippen LogP contribution in [-0.4, -0.2) is 45.1 Å². The van der Waals surface area contributed by atoms with E-state index in [1.54, 1.807) is 4.90 Å². The molecule has 4 saturated carbocycles. The molecule has 5 fully saturated rings. The molecular formula is C21H29N3O3.